The van der Waals surface area contributed by atoms with Crippen LogP contribution in [0, 0.1) is 0 Å². The Bertz CT molecular complexity index is 37.1. The summed E-state index contributed by atoms with van der Waals surface area (Å²) in [7, 11) is 1.70. The van der Waals surface area contributed by atoms with Crippen LogP contribution in [0.4, 0.5) is 0 Å². The fraction of sp³-hybridized carbons (Fsp3) is 1.00. The van der Waals surface area contributed by atoms with Gasteiger partial charge in [-0.05, 0) is 19.0 Å². The van der Waals surface area contributed by atoms with E-state index in [0.29, 0.717) is 7.61 Å². The van der Waals surface area contributed by atoms with Crippen molar-refractivity contribution in [3.05, 3.63) is 0 Å². The van der Waals surface area contributed by atoms with Crippen LogP contribution in [0.3, 0.4) is 0 Å². The van der Waals surface area contributed by atoms with Crippen molar-refractivity contribution in [1.29, 1.82) is 0 Å². The summed E-state index contributed by atoms with van der Waals surface area (Å²) in [4.78, 5) is 0. The molecule has 0 aliphatic heterocycles. The lowest BCUT2D eigenvalue weighted by atomic mass is 11.0. The van der Waals surface area contributed by atoms with E-state index in [4.69, 9.17) is 0 Å². The van der Waals surface area contributed by atoms with E-state index in [1.807, 2.05) is 0 Å². The van der Waals surface area contributed by atoms with Crippen molar-refractivity contribution < 1.29 is 0 Å². The second-order valence-corrected chi connectivity index (χ2v) is 7.82. The minimum atomic E-state index is 0.449. The van der Waals surface area contributed by atoms with E-state index in [-0.39, 0.29) is 0 Å². The van der Waals surface area contributed by atoms with Gasteiger partial charge in [-0.3, -0.25) is 0 Å². The van der Waals surface area contributed by atoms with E-state index in [2.05, 4.69) is 20.5 Å². The molecule has 0 bridgehead atoms. The first-order valence-corrected chi connectivity index (χ1v) is 6.78. The van der Waals surface area contributed by atoms with Crippen LogP contribution in [0.1, 0.15) is 13.8 Å². The summed E-state index contributed by atoms with van der Waals surface area (Å²) in [6, 6.07) is 0. The first-order valence-electron chi connectivity index (χ1n) is 2.75. The third kappa shape index (κ3) is 4.72. The fourth-order valence-corrected chi connectivity index (χ4v) is 3.44. The molecular weight excluding hydrogens is 122 g/mol. The van der Waals surface area contributed by atoms with Crippen molar-refractivity contribution in [3.8, 4) is 0 Å². The molecule has 0 aromatic heterocycles. The first-order chi connectivity index (χ1) is 3.31. The average molecular weight is 136 g/mol. The zero-order valence-corrected chi connectivity index (χ0v) is 7.26. The van der Waals surface area contributed by atoms with Gasteiger partial charge in [0.1, 0.15) is 0 Å². The summed E-state index contributed by atoms with van der Waals surface area (Å²) in [6.07, 6.45) is 2.82. The molecule has 0 saturated heterocycles. The van der Waals surface area contributed by atoms with Gasteiger partial charge >= 0.3 is 0 Å². The molecule has 0 aromatic rings. The highest BCUT2D eigenvalue weighted by molar-refractivity contribution is 8.21. The molecule has 0 rings (SSSR count). The van der Waals surface area contributed by atoms with Crippen LogP contribution in [-0.4, -0.2) is 19.0 Å². The van der Waals surface area contributed by atoms with Gasteiger partial charge in [0.2, 0.25) is 0 Å². The van der Waals surface area contributed by atoms with Crippen LogP contribution < -0.4 is 0 Å². The Morgan fingerprint density at radius 1 is 1.43 bits per heavy atom. The molecule has 0 N–H and O–H groups in total. The maximum Gasteiger partial charge on any atom is -0.0320 e. The van der Waals surface area contributed by atoms with Gasteiger partial charge in [-0.2, -0.15) is 0 Å². The van der Waals surface area contributed by atoms with Crippen LogP contribution in [0.2, 0.25) is 0 Å². The number of rotatable bonds is 3. The van der Waals surface area contributed by atoms with E-state index >= 15 is 0 Å². The summed E-state index contributed by atoms with van der Waals surface area (Å²) in [5.74, 6) is 0. The van der Waals surface area contributed by atoms with Gasteiger partial charge < -0.3 is 0 Å². The predicted octanol–water partition coefficient (Wildman–Crippen LogP) is 2.73. The molecule has 2 heteroatoms. The Morgan fingerprint density at radius 2 is 2.00 bits per heavy atom. The molecule has 0 nitrogen and oxygen atoms in total. The van der Waals surface area contributed by atoms with Crippen LogP contribution in [-0.2, 0) is 0 Å². The Kier molecular flexibility index (Phi) is 5.62. The van der Waals surface area contributed by atoms with E-state index in [0.717, 1.165) is 0 Å². The lowest BCUT2D eigenvalue weighted by Crippen LogP contribution is -1.65. The summed E-state index contributed by atoms with van der Waals surface area (Å²) in [6.45, 7) is 6.94. The SMILES string of the molecule is CCPP(C)CC. The van der Waals surface area contributed by atoms with Crippen LogP contribution >= 0.6 is 15.9 Å². The largest absolute Gasteiger partial charge is 0.0966 e. The average Bonchev–Trinajstić information content (AvgIpc) is 1.68. The number of hydrogen-bond acceptors (Lipinski definition) is 0. The highest BCUT2D eigenvalue weighted by atomic mass is 32.0. The van der Waals surface area contributed by atoms with Gasteiger partial charge in [0, 0.05) is 0 Å². The molecule has 0 aliphatic carbocycles. The van der Waals surface area contributed by atoms with E-state index in [1.54, 1.807) is 0 Å². The van der Waals surface area contributed by atoms with Gasteiger partial charge in [-0.25, -0.2) is 0 Å². The second-order valence-electron chi connectivity index (χ2n) is 1.53. The van der Waals surface area contributed by atoms with E-state index < -0.39 is 0 Å². The maximum atomic E-state index is 2.39. The van der Waals surface area contributed by atoms with Crippen molar-refractivity contribution in [1.82, 2.24) is 0 Å². The zero-order chi connectivity index (χ0) is 5.70. The first kappa shape index (κ1) is 7.86. The van der Waals surface area contributed by atoms with Crippen LogP contribution in [0.25, 0.3) is 0 Å². The molecule has 0 fully saturated rings. The minimum Gasteiger partial charge on any atom is -0.0966 e. The van der Waals surface area contributed by atoms with Gasteiger partial charge in [-0.15, -0.1) is 0 Å². The Morgan fingerprint density at radius 3 is 2.14 bits per heavy atom. The summed E-state index contributed by atoms with van der Waals surface area (Å²) in [5.41, 5.74) is 0. The smallest absolute Gasteiger partial charge is 0.0320 e. The third-order valence-electron chi connectivity index (χ3n) is 0.902. The molecule has 7 heavy (non-hydrogen) atoms. The molecule has 0 aromatic carbocycles. The van der Waals surface area contributed by atoms with Gasteiger partial charge in [0.15, 0.2) is 0 Å². The highest BCUT2D eigenvalue weighted by Crippen LogP contribution is 2.50. The number of hydrogen-bond donors (Lipinski definition) is 0. The normalized spacial score (nSPS) is 15.9. The molecule has 0 saturated carbocycles. The van der Waals surface area contributed by atoms with Crippen molar-refractivity contribution in [2.45, 2.75) is 13.8 Å². The molecule has 0 spiro atoms. The van der Waals surface area contributed by atoms with Crippen LogP contribution in [0.5, 0.6) is 0 Å². The molecule has 0 amide bonds. The predicted molar refractivity (Wildman–Crippen MR) is 42.2 cm³/mol. The Balaban J connectivity index is 2.83. The zero-order valence-electron chi connectivity index (χ0n) is 5.36. The molecule has 0 radical (unpaired) electrons. The van der Waals surface area contributed by atoms with Crippen molar-refractivity contribution in [3.63, 3.8) is 0 Å². The topological polar surface area (TPSA) is 0 Å². The van der Waals surface area contributed by atoms with Gasteiger partial charge in [0.25, 0.3) is 0 Å². The minimum absolute atomic E-state index is 0.449. The van der Waals surface area contributed by atoms with Crippen molar-refractivity contribution in [2.75, 3.05) is 19.0 Å². The monoisotopic (exact) mass is 136 g/mol. The molecule has 0 heterocycles. The molecule has 2 atom stereocenters. The standard InChI is InChI=1S/C5H14P2/c1-4-6-7(3)5-2/h6H,4-5H2,1-3H3. The molecule has 44 valence electrons. The lowest BCUT2D eigenvalue weighted by Gasteiger charge is -2.04. The fourth-order valence-electron chi connectivity index (χ4n) is 0.382. The summed E-state index contributed by atoms with van der Waals surface area (Å²) >= 11 is 0. The Labute approximate surface area is 49.5 Å². The molecular formula is C5H14P2. The molecule has 2 unspecified atom stereocenters. The van der Waals surface area contributed by atoms with E-state index in [1.165, 1.54) is 20.6 Å². The van der Waals surface area contributed by atoms with Gasteiger partial charge in [0.05, 0.1) is 0 Å². The highest BCUT2D eigenvalue weighted by Gasteiger charge is 1.90. The van der Waals surface area contributed by atoms with Gasteiger partial charge in [-0.1, -0.05) is 29.7 Å². The Hall–Kier alpha value is 0.860. The summed E-state index contributed by atoms with van der Waals surface area (Å²) < 4.78 is 0. The third-order valence-corrected chi connectivity index (χ3v) is 6.22. The van der Waals surface area contributed by atoms with Crippen LogP contribution in [0.15, 0.2) is 0 Å². The van der Waals surface area contributed by atoms with Crippen molar-refractivity contribution in [2.24, 2.45) is 0 Å². The second kappa shape index (κ2) is 5.01. The quantitative estimate of drug-likeness (QED) is 0.523. The van der Waals surface area contributed by atoms with Crippen molar-refractivity contribution >= 4 is 15.9 Å². The lowest BCUT2D eigenvalue weighted by molar-refractivity contribution is 1.50. The molecule has 0 aliphatic rings. The van der Waals surface area contributed by atoms with E-state index in [9.17, 15) is 0 Å². The summed E-state index contributed by atoms with van der Waals surface area (Å²) in [5, 5.41) is 0. The maximum absolute atomic E-state index is 2.39.